The quantitative estimate of drug-likeness (QED) is 0.309. The average Bonchev–Trinajstić information content (AvgIpc) is 3.12. The first-order valence-corrected chi connectivity index (χ1v) is 10.1. The minimum atomic E-state index is -0.682. The fraction of sp³-hybridized carbons (Fsp3) is 0.0400. The minimum Gasteiger partial charge on any atom is -0.282 e. The molecule has 31 heavy (non-hydrogen) atoms. The van der Waals surface area contributed by atoms with E-state index in [1.54, 1.807) is 12.1 Å². The van der Waals surface area contributed by atoms with Crippen molar-refractivity contribution in [3.8, 4) is 33.6 Å². The van der Waals surface area contributed by atoms with Crippen molar-refractivity contribution < 1.29 is 8.78 Å². The maximum Gasteiger partial charge on any atom is 0.235 e. The third-order valence-corrected chi connectivity index (χ3v) is 5.45. The summed E-state index contributed by atoms with van der Waals surface area (Å²) in [4.78, 5) is 9.30. The van der Waals surface area contributed by atoms with Crippen LogP contribution in [0.2, 0.25) is 5.02 Å². The first-order chi connectivity index (χ1) is 15.0. The van der Waals surface area contributed by atoms with Crippen molar-refractivity contribution in [2.24, 2.45) is 0 Å². The first-order valence-electron chi connectivity index (χ1n) is 9.68. The molecule has 5 aromatic rings. The molecule has 2 heterocycles. The molecule has 152 valence electrons. The predicted molar refractivity (Wildman–Crippen MR) is 119 cm³/mol. The van der Waals surface area contributed by atoms with Crippen LogP contribution in [0, 0.1) is 18.6 Å². The van der Waals surface area contributed by atoms with E-state index in [0.717, 1.165) is 28.5 Å². The van der Waals surface area contributed by atoms with Gasteiger partial charge in [0, 0.05) is 34.0 Å². The lowest BCUT2D eigenvalue weighted by atomic mass is 10.0. The fourth-order valence-electron chi connectivity index (χ4n) is 3.71. The highest BCUT2D eigenvalue weighted by Gasteiger charge is 2.21. The summed E-state index contributed by atoms with van der Waals surface area (Å²) in [6.45, 7) is 1.91. The summed E-state index contributed by atoms with van der Waals surface area (Å²) in [7, 11) is 0. The second-order valence-electron chi connectivity index (χ2n) is 7.22. The van der Waals surface area contributed by atoms with Crippen LogP contribution in [0.3, 0.4) is 0 Å². The third-order valence-electron chi connectivity index (χ3n) is 5.20. The number of aryl methyl sites for hydroxylation is 1. The van der Waals surface area contributed by atoms with Crippen LogP contribution < -0.4 is 0 Å². The van der Waals surface area contributed by atoms with Crippen LogP contribution in [-0.4, -0.2) is 14.4 Å². The van der Waals surface area contributed by atoms with Crippen LogP contribution in [0.1, 0.15) is 5.69 Å². The molecular weight excluding hydrogens is 416 g/mol. The van der Waals surface area contributed by atoms with Crippen molar-refractivity contribution in [1.29, 1.82) is 0 Å². The van der Waals surface area contributed by atoms with Gasteiger partial charge in [0.25, 0.3) is 0 Å². The molecule has 0 saturated heterocycles. The molecule has 6 heteroatoms. The zero-order valence-corrected chi connectivity index (χ0v) is 17.2. The Bertz CT molecular complexity index is 1410. The highest BCUT2D eigenvalue weighted by molar-refractivity contribution is 6.30. The van der Waals surface area contributed by atoms with Crippen LogP contribution >= 0.6 is 11.6 Å². The van der Waals surface area contributed by atoms with Crippen molar-refractivity contribution in [3.05, 3.63) is 101 Å². The van der Waals surface area contributed by atoms with Crippen molar-refractivity contribution in [2.45, 2.75) is 6.92 Å². The van der Waals surface area contributed by atoms with Gasteiger partial charge in [0.05, 0.1) is 11.4 Å². The summed E-state index contributed by atoms with van der Waals surface area (Å²) in [6, 6.07) is 20.6. The van der Waals surface area contributed by atoms with Gasteiger partial charge in [-0.2, -0.15) is 0 Å². The van der Waals surface area contributed by atoms with Crippen molar-refractivity contribution >= 4 is 17.4 Å². The Hall–Kier alpha value is -3.57. The minimum absolute atomic E-state index is 0.204. The van der Waals surface area contributed by atoms with E-state index in [1.165, 1.54) is 12.1 Å². The van der Waals surface area contributed by atoms with Gasteiger partial charge >= 0.3 is 0 Å². The number of hydrogen-bond acceptors (Lipinski definition) is 2. The van der Waals surface area contributed by atoms with Crippen LogP contribution in [0.4, 0.5) is 8.78 Å². The molecule has 0 atom stereocenters. The average molecular weight is 432 g/mol. The molecule has 0 saturated carbocycles. The van der Waals surface area contributed by atoms with Gasteiger partial charge in [-0.3, -0.25) is 4.40 Å². The molecule has 3 nitrogen and oxygen atoms in total. The van der Waals surface area contributed by atoms with E-state index in [2.05, 4.69) is 9.97 Å². The lowest BCUT2D eigenvalue weighted by Gasteiger charge is -2.10. The Morgan fingerprint density at radius 3 is 2.26 bits per heavy atom. The van der Waals surface area contributed by atoms with Gasteiger partial charge in [-0.15, -0.1) is 0 Å². The number of imidazole rings is 1. The molecule has 3 aromatic carbocycles. The molecule has 2 aromatic heterocycles. The van der Waals surface area contributed by atoms with E-state index >= 15 is 0 Å². The van der Waals surface area contributed by atoms with E-state index in [1.807, 2.05) is 60.0 Å². The van der Waals surface area contributed by atoms with Crippen LogP contribution in [0.15, 0.2) is 79.0 Å². The largest absolute Gasteiger partial charge is 0.282 e. The van der Waals surface area contributed by atoms with Gasteiger partial charge < -0.3 is 0 Å². The first kappa shape index (κ1) is 19.4. The topological polar surface area (TPSA) is 30.2 Å². The number of rotatable bonds is 3. The summed E-state index contributed by atoms with van der Waals surface area (Å²) < 4.78 is 30.1. The number of nitrogens with zero attached hydrogens (tertiary/aromatic N) is 3. The van der Waals surface area contributed by atoms with Crippen molar-refractivity contribution in [2.75, 3.05) is 0 Å². The van der Waals surface area contributed by atoms with E-state index in [-0.39, 0.29) is 5.56 Å². The second-order valence-corrected chi connectivity index (χ2v) is 7.65. The number of fused-ring (bicyclic) bond motifs is 1. The summed E-state index contributed by atoms with van der Waals surface area (Å²) in [5.41, 5.74) is 4.79. The Morgan fingerprint density at radius 2 is 1.55 bits per heavy atom. The van der Waals surface area contributed by atoms with Gasteiger partial charge in [0.2, 0.25) is 5.78 Å². The monoisotopic (exact) mass is 431 g/mol. The second kappa shape index (κ2) is 7.60. The Labute approximate surface area is 182 Å². The SMILES string of the molecule is Cc1nc2nc(-c3ccc(F)cc3F)c(-c3ccc(Cl)cc3)n2cc1-c1ccccc1. The van der Waals surface area contributed by atoms with E-state index in [9.17, 15) is 8.78 Å². The highest BCUT2D eigenvalue weighted by Crippen LogP contribution is 2.36. The van der Waals surface area contributed by atoms with Crippen LogP contribution in [-0.2, 0) is 0 Å². The maximum atomic E-state index is 14.7. The fourth-order valence-corrected chi connectivity index (χ4v) is 3.83. The molecule has 0 aliphatic carbocycles. The zero-order valence-electron chi connectivity index (χ0n) is 16.5. The number of hydrogen-bond donors (Lipinski definition) is 0. The van der Waals surface area contributed by atoms with Gasteiger partial charge in [0.1, 0.15) is 17.3 Å². The molecule has 0 radical (unpaired) electrons. The lowest BCUT2D eigenvalue weighted by Crippen LogP contribution is -1.97. The summed E-state index contributed by atoms with van der Waals surface area (Å²) >= 11 is 6.08. The molecule has 0 spiro atoms. The predicted octanol–water partition coefficient (Wildman–Crippen LogP) is 6.97. The molecular formula is C25H16ClF2N3. The zero-order chi connectivity index (χ0) is 21.5. The molecule has 0 aliphatic rings. The van der Waals surface area contributed by atoms with E-state index in [4.69, 9.17) is 11.6 Å². The summed E-state index contributed by atoms with van der Waals surface area (Å²) in [5, 5.41) is 0.589. The van der Waals surface area contributed by atoms with Crippen molar-refractivity contribution in [1.82, 2.24) is 14.4 Å². The highest BCUT2D eigenvalue weighted by atomic mass is 35.5. The standard InChI is InChI=1S/C25H16ClF2N3/c1-15-21(16-5-3-2-4-6-16)14-31-24(17-7-9-18(26)10-8-17)23(30-25(31)29-15)20-12-11-19(27)13-22(20)28/h2-14H,1H3. The number of halogens is 3. The Morgan fingerprint density at radius 1 is 0.806 bits per heavy atom. The molecule has 0 amide bonds. The van der Waals surface area contributed by atoms with Crippen LogP contribution in [0.25, 0.3) is 39.4 Å². The maximum absolute atomic E-state index is 14.7. The van der Waals surface area contributed by atoms with Gasteiger partial charge in [-0.1, -0.05) is 54.1 Å². The summed E-state index contributed by atoms with van der Waals surface area (Å²) in [5.74, 6) is -0.891. The number of aromatic nitrogens is 3. The molecule has 0 N–H and O–H groups in total. The van der Waals surface area contributed by atoms with Gasteiger partial charge in [-0.05, 0) is 36.8 Å². The van der Waals surface area contributed by atoms with Gasteiger partial charge in [-0.25, -0.2) is 18.7 Å². The van der Waals surface area contributed by atoms with Crippen LogP contribution in [0.5, 0.6) is 0 Å². The molecule has 0 aliphatic heterocycles. The van der Waals surface area contributed by atoms with Gasteiger partial charge in [0.15, 0.2) is 0 Å². The Kier molecular flexibility index (Phi) is 4.75. The molecule has 5 rings (SSSR count). The third kappa shape index (κ3) is 3.47. The molecule has 0 fully saturated rings. The smallest absolute Gasteiger partial charge is 0.235 e. The van der Waals surface area contributed by atoms with Crippen molar-refractivity contribution in [3.63, 3.8) is 0 Å². The summed E-state index contributed by atoms with van der Waals surface area (Å²) in [6.07, 6.45) is 1.95. The Balaban J connectivity index is 1.84. The normalized spacial score (nSPS) is 11.2. The van der Waals surface area contributed by atoms with E-state index < -0.39 is 11.6 Å². The lowest BCUT2D eigenvalue weighted by molar-refractivity contribution is 0.585. The molecule has 0 unspecified atom stereocenters. The number of benzene rings is 3. The molecule has 0 bridgehead atoms. The van der Waals surface area contributed by atoms with E-state index in [0.29, 0.717) is 22.2 Å².